The summed E-state index contributed by atoms with van der Waals surface area (Å²) in [6.07, 6.45) is 0. The number of nitrogens with zero attached hydrogens (tertiary/aromatic N) is 2. The molecule has 1 heterocycles. The summed E-state index contributed by atoms with van der Waals surface area (Å²) in [7, 11) is 0. The Morgan fingerprint density at radius 3 is 2.41 bits per heavy atom. The van der Waals surface area contributed by atoms with Crippen molar-refractivity contribution in [2.75, 3.05) is 0 Å². The van der Waals surface area contributed by atoms with Crippen molar-refractivity contribution in [3.05, 3.63) is 47.0 Å². The van der Waals surface area contributed by atoms with Crippen LogP contribution in [0.5, 0.6) is 0 Å². The lowest BCUT2D eigenvalue weighted by atomic mass is 10.2. The molecule has 17 heavy (non-hydrogen) atoms. The van der Waals surface area contributed by atoms with Gasteiger partial charge in [0.15, 0.2) is 5.69 Å². The molecule has 1 aromatic carbocycles. The van der Waals surface area contributed by atoms with Crippen LogP contribution in [-0.2, 0) is 0 Å². The number of nitrogens with one attached hydrogen (secondary N) is 2. The third-order valence-corrected chi connectivity index (χ3v) is 2.42. The third kappa shape index (κ3) is 2.85. The summed E-state index contributed by atoms with van der Waals surface area (Å²) >= 11 is 1.06. The first-order valence-electron chi connectivity index (χ1n) is 4.70. The molecule has 2 N–H and O–H groups in total. The predicted molar refractivity (Wildman–Crippen MR) is 61.3 cm³/mol. The van der Waals surface area contributed by atoms with Crippen molar-refractivity contribution in [2.24, 2.45) is 0 Å². The molecule has 2 aromatic rings. The van der Waals surface area contributed by atoms with Crippen LogP contribution in [-0.4, -0.2) is 21.4 Å². The van der Waals surface area contributed by atoms with Crippen molar-refractivity contribution in [3.8, 4) is 0 Å². The first-order chi connectivity index (χ1) is 8.27. The molecule has 2 rings (SSSR count). The highest BCUT2D eigenvalue weighted by Gasteiger charge is 2.10. The molecule has 0 radical (unpaired) electrons. The molecule has 0 aliphatic rings. The van der Waals surface area contributed by atoms with Crippen LogP contribution in [0.3, 0.4) is 0 Å². The van der Waals surface area contributed by atoms with Gasteiger partial charge in [-0.2, -0.15) is 0 Å². The van der Waals surface area contributed by atoms with Gasteiger partial charge in [0.25, 0.3) is 11.8 Å². The first kappa shape index (κ1) is 11.2. The Morgan fingerprint density at radius 2 is 1.76 bits per heavy atom. The SMILES string of the molecule is O=C(NNC(=O)c1csnn1)c1ccccc1. The largest absolute Gasteiger partial charge is 0.291 e. The quantitative estimate of drug-likeness (QED) is 0.763. The lowest BCUT2D eigenvalue weighted by molar-refractivity contribution is 0.0844. The van der Waals surface area contributed by atoms with Crippen LogP contribution in [0.1, 0.15) is 20.8 Å². The summed E-state index contributed by atoms with van der Waals surface area (Å²) in [6, 6.07) is 8.57. The van der Waals surface area contributed by atoms with E-state index in [0.717, 1.165) is 11.5 Å². The van der Waals surface area contributed by atoms with E-state index in [-0.39, 0.29) is 11.6 Å². The highest BCUT2D eigenvalue weighted by atomic mass is 32.1. The zero-order chi connectivity index (χ0) is 12.1. The van der Waals surface area contributed by atoms with Gasteiger partial charge in [-0.3, -0.25) is 20.4 Å². The summed E-state index contributed by atoms with van der Waals surface area (Å²) in [4.78, 5) is 23.0. The van der Waals surface area contributed by atoms with Crippen molar-refractivity contribution in [2.45, 2.75) is 0 Å². The second-order valence-corrected chi connectivity index (χ2v) is 3.67. The maximum absolute atomic E-state index is 11.6. The number of aromatic nitrogens is 2. The highest BCUT2D eigenvalue weighted by molar-refractivity contribution is 7.03. The van der Waals surface area contributed by atoms with Crippen LogP contribution in [0.4, 0.5) is 0 Å². The van der Waals surface area contributed by atoms with Crippen molar-refractivity contribution < 1.29 is 9.59 Å². The Bertz CT molecular complexity index is 512. The van der Waals surface area contributed by atoms with E-state index in [1.54, 1.807) is 30.3 Å². The van der Waals surface area contributed by atoms with Gasteiger partial charge in [-0.1, -0.05) is 22.7 Å². The standard InChI is InChI=1S/C10H8N4O2S/c15-9(7-4-2-1-3-5-7)12-13-10(16)8-6-17-14-11-8/h1-6H,(H,12,15)(H,13,16). The molecule has 0 atom stereocenters. The second-order valence-electron chi connectivity index (χ2n) is 3.06. The minimum atomic E-state index is -0.497. The molecule has 6 nitrogen and oxygen atoms in total. The fraction of sp³-hybridized carbons (Fsp3) is 0. The lowest BCUT2D eigenvalue weighted by Gasteiger charge is -2.05. The normalized spacial score (nSPS) is 9.65. The van der Waals surface area contributed by atoms with Gasteiger partial charge in [0, 0.05) is 10.9 Å². The van der Waals surface area contributed by atoms with Gasteiger partial charge in [-0.25, -0.2) is 0 Å². The van der Waals surface area contributed by atoms with Crippen LogP contribution in [0, 0.1) is 0 Å². The number of hydrogen-bond donors (Lipinski definition) is 2. The molecule has 86 valence electrons. The van der Waals surface area contributed by atoms with E-state index in [0.29, 0.717) is 5.56 Å². The number of carbonyl (C=O) groups is 2. The summed E-state index contributed by atoms with van der Waals surface area (Å²) in [6.45, 7) is 0. The van der Waals surface area contributed by atoms with Gasteiger partial charge in [0.2, 0.25) is 0 Å². The van der Waals surface area contributed by atoms with Gasteiger partial charge in [0.05, 0.1) is 0 Å². The molecular weight excluding hydrogens is 240 g/mol. The zero-order valence-corrected chi connectivity index (χ0v) is 9.40. The predicted octanol–water partition coefficient (Wildman–Crippen LogP) is 0.613. The van der Waals surface area contributed by atoms with Crippen LogP contribution in [0.15, 0.2) is 35.7 Å². The summed E-state index contributed by atoms with van der Waals surface area (Å²) in [5, 5.41) is 5.06. The van der Waals surface area contributed by atoms with E-state index in [4.69, 9.17) is 0 Å². The monoisotopic (exact) mass is 248 g/mol. The van der Waals surface area contributed by atoms with Crippen LogP contribution >= 0.6 is 11.5 Å². The lowest BCUT2D eigenvalue weighted by Crippen LogP contribution is -2.41. The Kier molecular flexibility index (Phi) is 3.41. The van der Waals surface area contributed by atoms with E-state index in [2.05, 4.69) is 20.4 Å². The second kappa shape index (κ2) is 5.17. The van der Waals surface area contributed by atoms with Crippen molar-refractivity contribution in [1.82, 2.24) is 20.4 Å². The average Bonchev–Trinajstić information content (AvgIpc) is 2.90. The van der Waals surface area contributed by atoms with Crippen molar-refractivity contribution >= 4 is 23.3 Å². The number of amides is 2. The number of benzene rings is 1. The zero-order valence-electron chi connectivity index (χ0n) is 8.58. The molecule has 0 saturated heterocycles. The van der Waals surface area contributed by atoms with Gasteiger partial charge >= 0.3 is 0 Å². The average molecular weight is 248 g/mol. The Labute approximate surface area is 101 Å². The van der Waals surface area contributed by atoms with E-state index in [1.165, 1.54) is 5.38 Å². The van der Waals surface area contributed by atoms with Crippen LogP contribution in [0.25, 0.3) is 0 Å². The molecule has 0 spiro atoms. The highest BCUT2D eigenvalue weighted by Crippen LogP contribution is 1.98. The Morgan fingerprint density at radius 1 is 1.06 bits per heavy atom. The molecular formula is C10H8N4O2S. The topological polar surface area (TPSA) is 84.0 Å². The Hall–Kier alpha value is -2.28. The molecule has 0 aliphatic heterocycles. The fourth-order valence-electron chi connectivity index (χ4n) is 1.10. The number of hydrogen-bond acceptors (Lipinski definition) is 5. The molecule has 0 unspecified atom stereocenters. The molecule has 0 bridgehead atoms. The van der Waals surface area contributed by atoms with E-state index in [9.17, 15) is 9.59 Å². The molecule has 0 fully saturated rings. The van der Waals surface area contributed by atoms with Crippen LogP contribution < -0.4 is 10.9 Å². The number of hydrazine groups is 1. The van der Waals surface area contributed by atoms with Gasteiger partial charge in [-0.15, -0.1) is 5.10 Å². The summed E-state index contributed by atoms with van der Waals surface area (Å²) in [5.41, 5.74) is 5.17. The first-order valence-corrected chi connectivity index (χ1v) is 5.54. The Balaban J connectivity index is 1.91. The number of rotatable bonds is 2. The van der Waals surface area contributed by atoms with E-state index < -0.39 is 5.91 Å². The molecule has 0 aliphatic carbocycles. The summed E-state index contributed by atoms with van der Waals surface area (Å²) in [5.74, 6) is -0.884. The maximum Gasteiger partial charge on any atom is 0.291 e. The van der Waals surface area contributed by atoms with Gasteiger partial charge in [-0.05, 0) is 23.7 Å². The van der Waals surface area contributed by atoms with E-state index >= 15 is 0 Å². The maximum atomic E-state index is 11.6. The molecule has 2 amide bonds. The van der Waals surface area contributed by atoms with Gasteiger partial charge in [0.1, 0.15) is 0 Å². The number of carbonyl (C=O) groups excluding carboxylic acids is 2. The van der Waals surface area contributed by atoms with Crippen molar-refractivity contribution in [3.63, 3.8) is 0 Å². The minimum absolute atomic E-state index is 0.170. The fourth-order valence-corrected chi connectivity index (χ4v) is 1.54. The van der Waals surface area contributed by atoms with E-state index in [1.807, 2.05) is 0 Å². The molecule has 0 saturated carbocycles. The van der Waals surface area contributed by atoms with Crippen molar-refractivity contribution in [1.29, 1.82) is 0 Å². The van der Waals surface area contributed by atoms with Gasteiger partial charge < -0.3 is 0 Å². The minimum Gasteiger partial charge on any atom is -0.267 e. The van der Waals surface area contributed by atoms with Crippen LogP contribution in [0.2, 0.25) is 0 Å². The third-order valence-electron chi connectivity index (χ3n) is 1.92. The summed E-state index contributed by atoms with van der Waals surface area (Å²) < 4.78 is 3.55. The molecule has 1 aromatic heterocycles. The molecule has 7 heteroatoms. The smallest absolute Gasteiger partial charge is 0.267 e.